The monoisotopic (exact) mass is 314 g/mol. The lowest BCUT2D eigenvalue weighted by Gasteiger charge is -2.17. The first-order valence-corrected chi connectivity index (χ1v) is 12.6. The van der Waals surface area contributed by atoms with E-state index in [1.807, 2.05) is 0 Å². The summed E-state index contributed by atoms with van der Waals surface area (Å²) in [5, 5.41) is 0. The van der Waals surface area contributed by atoms with E-state index in [9.17, 15) is 4.79 Å². The summed E-state index contributed by atoms with van der Waals surface area (Å²) in [5.41, 5.74) is 0. The molecule has 0 N–H and O–H groups in total. The lowest BCUT2D eigenvalue weighted by atomic mass is 10.0. The molecule has 126 valence electrons. The summed E-state index contributed by atoms with van der Waals surface area (Å²) in [6.45, 7) is 8.46. The van der Waals surface area contributed by atoms with Gasteiger partial charge in [0.05, 0.1) is 0 Å². The third-order valence-corrected chi connectivity index (χ3v) is 4.49. The van der Waals surface area contributed by atoms with Gasteiger partial charge in [0.25, 0.3) is 5.97 Å². The molecule has 0 saturated heterocycles. The smallest absolute Gasteiger partial charge is 0.292 e. The molecule has 0 bridgehead atoms. The summed E-state index contributed by atoms with van der Waals surface area (Å²) in [6, 6.07) is 0. The molecular weight excluding hydrogens is 276 g/mol. The maximum Gasteiger partial charge on any atom is 0.292 e. The van der Waals surface area contributed by atoms with Crippen molar-refractivity contribution in [1.82, 2.24) is 0 Å². The number of unbranched alkanes of at least 4 members (excludes halogenated alkanes) is 11. The van der Waals surface area contributed by atoms with Crippen molar-refractivity contribution in [1.29, 1.82) is 0 Å². The molecule has 0 amide bonds. The van der Waals surface area contributed by atoms with E-state index in [0.29, 0.717) is 6.42 Å². The van der Waals surface area contributed by atoms with Crippen LogP contribution in [-0.2, 0) is 9.22 Å². The number of carbonyl (C=O) groups excluding carboxylic acids is 1. The van der Waals surface area contributed by atoms with Crippen LogP contribution in [-0.4, -0.2) is 14.3 Å². The van der Waals surface area contributed by atoms with Crippen LogP contribution in [0.25, 0.3) is 0 Å². The zero-order valence-corrected chi connectivity index (χ0v) is 16.0. The van der Waals surface area contributed by atoms with Crippen LogP contribution in [0.3, 0.4) is 0 Å². The van der Waals surface area contributed by atoms with E-state index in [-0.39, 0.29) is 5.97 Å². The van der Waals surface area contributed by atoms with E-state index in [1.165, 1.54) is 70.6 Å². The number of hydrogen-bond acceptors (Lipinski definition) is 2. The van der Waals surface area contributed by atoms with Gasteiger partial charge in [-0.25, -0.2) is 0 Å². The second-order valence-corrected chi connectivity index (χ2v) is 11.7. The van der Waals surface area contributed by atoms with Crippen LogP contribution >= 0.6 is 0 Å². The van der Waals surface area contributed by atoms with Crippen LogP contribution in [0.15, 0.2) is 0 Å². The Morgan fingerprint density at radius 3 is 1.48 bits per heavy atom. The summed E-state index contributed by atoms with van der Waals surface area (Å²) < 4.78 is 5.44. The fourth-order valence-corrected chi connectivity index (χ4v) is 3.29. The van der Waals surface area contributed by atoms with Crippen molar-refractivity contribution in [3.8, 4) is 0 Å². The van der Waals surface area contributed by atoms with Gasteiger partial charge in [-0.2, -0.15) is 0 Å². The lowest BCUT2D eigenvalue weighted by molar-refractivity contribution is -0.135. The van der Waals surface area contributed by atoms with Crippen molar-refractivity contribution in [2.24, 2.45) is 0 Å². The van der Waals surface area contributed by atoms with Gasteiger partial charge in [0.2, 0.25) is 8.32 Å². The molecule has 0 aliphatic carbocycles. The zero-order chi connectivity index (χ0) is 16.0. The third kappa shape index (κ3) is 17.6. The van der Waals surface area contributed by atoms with E-state index in [1.54, 1.807) is 0 Å². The van der Waals surface area contributed by atoms with Gasteiger partial charge in [-0.1, -0.05) is 77.6 Å². The first-order valence-electron chi connectivity index (χ1n) is 9.17. The standard InChI is InChI=1S/C18H38O2Si/c1-5-6-7-8-9-10-11-12-13-14-15-16-17-18(19)20-21(2,3)4/h5-17H2,1-4H3. The summed E-state index contributed by atoms with van der Waals surface area (Å²) in [7, 11) is -1.67. The van der Waals surface area contributed by atoms with Gasteiger partial charge < -0.3 is 4.43 Å². The third-order valence-electron chi connectivity index (χ3n) is 3.65. The molecule has 0 aliphatic rings. The maximum absolute atomic E-state index is 11.6. The Bertz CT molecular complexity index is 246. The molecule has 0 aliphatic heterocycles. The van der Waals surface area contributed by atoms with Crippen molar-refractivity contribution in [3.05, 3.63) is 0 Å². The van der Waals surface area contributed by atoms with Gasteiger partial charge >= 0.3 is 0 Å². The molecular formula is C18H38O2Si. The number of rotatable bonds is 14. The lowest BCUT2D eigenvalue weighted by Crippen LogP contribution is -2.28. The number of hydrogen-bond donors (Lipinski definition) is 0. The van der Waals surface area contributed by atoms with Crippen molar-refractivity contribution >= 4 is 14.3 Å². The van der Waals surface area contributed by atoms with Crippen LogP contribution in [0.2, 0.25) is 19.6 Å². The van der Waals surface area contributed by atoms with Crippen LogP contribution in [0.4, 0.5) is 0 Å². The minimum Gasteiger partial charge on any atom is -0.520 e. The van der Waals surface area contributed by atoms with Gasteiger partial charge in [0, 0.05) is 6.42 Å². The molecule has 0 unspecified atom stereocenters. The van der Waals surface area contributed by atoms with Crippen LogP contribution < -0.4 is 0 Å². The van der Waals surface area contributed by atoms with Crippen LogP contribution in [0.5, 0.6) is 0 Å². The largest absolute Gasteiger partial charge is 0.520 e. The molecule has 0 rings (SSSR count). The Morgan fingerprint density at radius 1 is 0.714 bits per heavy atom. The van der Waals surface area contributed by atoms with Gasteiger partial charge in [-0.15, -0.1) is 0 Å². The highest BCUT2D eigenvalue weighted by atomic mass is 28.4. The molecule has 0 fully saturated rings. The normalized spacial score (nSPS) is 11.6. The Balaban J connectivity index is 3.17. The second kappa shape index (κ2) is 13.4. The quantitative estimate of drug-likeness (QED) is 0.272. The van der Waals surface area contributed by atoms with Crippen LogP contribution in [0.1, 0.15) is 90.4 Å². The molecule has 0 aromatic rings. The highest BCUT2D eigenvalue weighted by Crippen LogP contribution is 2.13. The molecule has 0 aromatic heterocycles. The molecule has 0 heterocycles. The van der Waals surface area contributed by atoms with E-state index in [2.05, 4.69) is 26.6 Å². The van der Waals surface area contributed by atoms with Crippen LogP contribution in [0, 0.1) is 0 Å². The zero-order valence-electron chi connectivity index (χ0n) is 15.0. The SMILES string of the molecule is CCCCCCCCCCCCCCC(=O)O[Si](C)(C)C. The predicted molar refractivity (Wildman–Crippen MR) is 95.1 cm³/mol. The predicted octanol–water partition coefficient (Wildman–Crippen LogP) is 6.46. The maximum atomic E-state index is 11.6. The van der Waals surface area contributed by atoms with Gasteiger partial charge in [-0.05, 0) is 26.1 Å². The highest BCUT2D eigenvalue weighted by Gasteiger charge is 2.19. The Hall–Kier alpha value is -0.313. The molecule has 0 spiro atoms. The summed E-state index contributed by atoms with van der Waals surface area (Å²) in [5.74, 6) is 0.0150. The fraction of sp³-hybridized carbons (Fsp3) is 0.944. The molecule has 21 heavy (non-hydrogen) atoms. The first-order chi connectivity index (χ1) is 9.95. The fourth-order valence-electron chi connectivity index (χ4n) is 2.50. The highest BCUT2D eigenvalue weighted by molar-refractivity contribution is 6.71. The molecule has 0 aromatic carbocycles. The summed E-state index contributed by atoms with van der Waals surface area (Å²) in [4.78, 5) is 11.6. The Morgan fingerprint density at radius 2 is 1.10 bits per heavy atom. The summed E-state index contributed by atoms with van der Waals surface area (Å²) in [6.07, 6.45) is 16.6. The van der Waals surface area contributed by atoms with Gasteiger partial charge in [0.15, 0.2) is 0 Å². The Kier molecular flexibility index (Phi) is 13.2. The van der Waals surface area contributed by atoms with E-state index in [4.69, 9.17) is 4.43 Å². The van der Waals surface area contributed by atoms with Crippen molar-refractivity contribution < 1.29 is 9.22 Å². The van der Waals surface area contributed by atoms with E-state index in [0.717, 1.165) is 6.42 Å². The molecule has 0 atom stereocenters. The summed E-state index contributed by atoms with van der Waals surface area (Å²) >= 11 is 0. The van der Waals surface area contributed by atoms with E-state index >= 15 is 0 Å². The van der Waals surface area contributed by atoms with Crippen molar-refractivity contribution in [2.75, 3.05) is 0 Å². The molecule has 0 radical (unpaired) electrons. The second-order valence-electron chi connectivity index (χ2n) is 7.23. The minimum absolute atomic E-state index is 0.0150. The molecule has 3 heteroatoms. The number of carbonyl (C=O) groups is 1. The first kappa shape index (κ1) is 20.7. The molecule has 0 saturated carbocycles. The van der Waals surface area contributed by atoms with Gasteiger partial charge in [-0.3, -0.25) is 4.79 Å². The van der Waals surface area contributed by atoms with E-state index < -0.39 is 8.32 Å². The van der Waals surface area contributed by atoms with Crippen molar-refractivity contribution in [2.45, 2.75) is 110 Å². The Labute approximate surface area is 134 Å². The topological polar surface area (TPSA) is 26.3 Å². The van der Waals surface area contributed by atoms with Gasteiger partial charge in [0.1, 0.15) is 0 Å². The van der Waals surface area contributed by atoms with Crippen molar-refractivity contribution in [3.63, 3.8) is 0 Å². The average molecular weight is 315 g/mol. The molecule has 2 nitrogen and oxygen atoms in total. The minimum atomic E-state index is -1.67. The average Bonchev–Trinajstić information content (AvgIpc) is 2.38.